The van der Waals surface area contributed by atoms with Crippen LogP contribution in [0.1, 0.15) is 36.7 Å². The predicted molar refractivity (Wildman–Crippen MR) is 225 cm³/mol. The van der Waals surface area contributed by atoms with Crippen LogP contribution in [-0.2, 0) is 16.2 Å². The number of urea groups is 1. The van der Waals surface area contributed by atoms with E-state index < -0.39 is 16.8 Å². The van der Waals surface area contributed by atoms with Gasteiger partial charge in [-0.3, -0.25) is 13.9 Å². The molecule has 13 nitrogen and oxygen atoms in total. The Labute approximate surface area is 330 Å². The number of methoxy groups -OCH3 is 2. The number of ether oxygens (including phenoxy) is 3. The van der Waals surface area contributed by atoms with E-state index in [1.807, 2.05) is 49.5 Å². The van der Waals surface area contributed by atoms with Crippen molar-refractivity contribution in [1.82, 2.24) is 15.2 Å². The molecule has 5 aromatic rings. The highest BCUT2D eigenvalue weighted by Gasteiger charge is 2.21. The number of aromatic nitrogens is 1. The molecule has 0 radical (unpaired) electrons. The third-order valence-corrected chi connectivity index (χ3v) is 10.7. The summed E-state index contributed by atoms with van der Waals surface area (Å²) in [6.45, 7) is 9.05. The molecule has 4 aromatic carbocycles. The van der Waals surface area contributed by atoms with Gasteiger partial charge in [-0.05, 0) is 53.4 Å². The highest BCUT2D eigenvalue weighted by atomic mass is 32.2. The number of fused-ring (bicyclic) bond motifs is 1. The molecule has 294 valence electrons. The van der Waals surface area contributed by atoms with Crippen LogP contribution in [0.25, 0.3) is 10.8 Å². The Morgan fingerprint density at radius 1 is 0.839 bits per heavy atom. The number of hydrogen-bond donors (Lipinski definition) is 5. The molecule has 1 fully saturated rings. The Morgan fingerprint density at radius 3 is 2.29 bits per heavy atom. The number of hydrogen-bond acceptors (Lipinski definition) is 10. The van der Waals surface area contributed by atoms with Gasteiger partial charge in [-0.15, -0.1) is 0 Å². The Hall–Kier alpha value is -5.86. The van der Waals surface area contributed by atoms with Crippen molar-refractivity contribution in [3.63, 3.8) is 0 Å². The van der Waals surface area contributed by atoms with E-state index in [9.17, 15) is 13.8 Å². The van der Waals surface area contributed by atoms with Gasteiger partial charge in [-0.2, -0.15) is 0 Å². The van der Waals surface area contributed by atoms with Crippen molar-refractivity contribution < 1.29 is 28.0 Å². The minimum atomic E-state index is -0.741. The van der Waals surface area contributed by atoms with Gasteiger partial charge < -0.3 is 40.8 Å². The summed E-state index contributed by atoms with van der Waals surface area (Å²) in [5.41, 5.74) is 3.86. The van der Waals surface area contributed by atoms with Crippen LogP contribution in [0.5, 0.6) is 23.0 Å². The van der Waals surface area contributed by atoms with E-state index in [4.69, 9.17) is 14.2 Å². The van der Waals surface area contributed by atoms with Crippen LogP contribution in [0.15, 0.2) is 85.1 Å². The van der Waals surface area contributed by atoms with Crippen LogP contribution in [0.3, 0.4) is 0 Å². The minimum absolute atomic E-state index is 0.155. The van der Waals surface area contributed by atoms with Gasteiger partial charge in [0.05, 0.1) is 31.3 Å². The van der Waals surface area contributed by atoms with E-state index in [-0.39, 0.29) is 11.3 Å². The van der Waals surface area contributed by atoms with Crippen molar-refractivity contribution in [2.45, 2.75) is 26.2 Å². The number of carbonyl (C=O) groups excluding carboxylic acids is 2. The summed E-state index contributed by atoms with van der Waals surface area (Å²) in [6.07, 6.45) is 1.63. The van der Waals surface area contributed by atoms with Crippen molar-refractivity contribution >= 4 is 62.1 Å². The number of amides is 3. The minimum Gasteiger partial charge on any atom is -0.497 e. The molecule has 1 aliphatic heterocycles. The van der Waals surface area contributed by atoms with Crippen molar-refractivity contribution in [2.24, 2.45) is 0 Å². The van der Waals surface area contributed by atoms with E-state index in [0.29, 0.717) is 76.0 Å². The van der Waals surface area contributed by atoms with E-state index in [2.05, 4.69) is 57.2 Å². The Morgan fingerprint density at radius 2 is 1.57 bits per heavy atom. The number of pyridine rings is 1. The summed E-state index contributed by atoms with van der Waals surface area (Å²) in [4.78, 5) is 33.2. The van der Waals surface area contributed by atoms with Gasteiger partial charge in [-0.25, -0.2) is 9.78 Å². The third-order valence-electron chi connectivity index (χ3n) is 9.43. The first kappa shape index (κ1) is 39.8. The lowest BCUT2D eigenvalue weighted by Crippen LogP contribution is -2.42. The first-order valence-electron chi connectivity index (χ1n) is 18.4. The van der Waals surface area contributed by atoms with Crippen LogP contribution in [0.2, 0.25) is 0 Å². The van der Waals surface area contributed by atoms with Crippen LogP contribution < -0.4 is 40.8 Å². The molecule has 1 aliphatic rings. The summed E-state index contributed by atoms with van der Waals surface area (Å²) in [5, 5.41) is 17.0. The van der Waals surface area contributed by atoms with E-state index in [1.54, 1.807) is 56.8 Å². The van der Waals surface area contributed by atoms with Gasteiger partial charge in [-0.1, -0.05) is 45.0 Å². The fourth-order valence-corrected chi connectivity index (χ4v) is 7.50. The summed E-state index contributed by atoms with van der Waals surface area (Å²) < 4.78 is 29.2. The molecule has 0 saturated carbocycles. The number of nitrogens with one attached hydrogen (secondary N) is 5. The molecule has 3 amide bonds. The Kier molecular flexibility index (Phi) is 12.6. The number of anilines is 5. The van der Waals surface area contributed by atoms with Crippen molar-refractivity contribution in [3.05, 3.63) is 96.2 Å². The topological polar surface area (TPSA) is 155 Å². The second-order valence-corrected chi connectivity index (χ2v) is 16.0. The average Bonchev–Trinajstić information content (AvgIpc) is 3.18. The predicted octanol–water partition coefficient (Wildman–Crippen LogP) is 7.57. The number of nitrogens with zero attached hydrogens (tertiary/aromatic N) is 2. The molecule has 0 atom stereocenters. The second-order valence-electron chi connectivity index (χ2n) is 14.3. The zero-order valence-electron chi connectivity index (χ0n) is 32.6. The van der Waals surface area contributed by atoms with Gasteiger partial charge >= 0.3 is 6.03 Å². The molecule has 1 aromatic heterocycles. The molecule has 6 rings (SSSR count). The van der Waals surface area contributed by atoms with Crippen LogP contribution in [0, 0.1) is 0 Å². The van der Waals surface area contributed by atoms with Crippen molar-refractivity contribution in [2.75, 3.05) is 80.2 Å². The fraction of sp³-hybridized carbons (Fsp3) is 0.310. The van der Waals surface area contributed by atoms with E-state index >= 15 is 0 Å². The fourth-order valence-electron chi connectivity index (χ4n) is 6.37. The van der Waals surface area contributed by atoms with Crippen LogP contribution in [-0.4, -0.2) is 85.0 Å². The molecule has 1 saturated heterocycles. The molecular weight excluding hydrogens is 731 g/mol. The summed E-state index contributed by atoms with van der Waals surface area (Å²) in [7, 11) is 4.20. The Bertz CT molecular complexity index is 2230. The number of carbonyl (C=O) groups is 2. The lowest BCUT2D eigenvalue weighted by atomic mass is 9.86. The van der Waals surface area contributed by atoms with Crippen molar-refractivity contribution in [3.8, 4) is 23.0 Å². The summed E-state index contributed by atoms with van der Waals surface area (Å²) in [5.74, 6) is 3.77. The quantitative estimate of drug-likeness (QED) is 0.0809. The molecular formula is C42H49N7O6S. The Balaban J connectivity index is 1.15. The van der Waals surface area contributed by atoms with Crippen molar-refractivity contribution in [1.29, 1.82) is 0 Å². The lowest BCUT2D eigenvalue weighted by Gasteiger charge is -2.25. The number of benzene rings is 4. The normalized spacial score (nSPS) is 13.5. The van der Waals surface area contributed by atoms with E-state index in [1.165, 1.54) is 0 Å². The molecule has 0 spiro atoms. The molecule has 2 heterocycles. The molecule has 0 bridgehead atoms. The smallest absolute Gasteiger partial charge is 0.323 e. The van der Waals surface area contributed by atoms with Gasteiger partial charge in [0.15, 0.2) is 5.75 Å². The second kappa shape index (κ2) is 17.7. The average molecular weight is 780 g/mol. The van der Waals surface area contributed by atoms with Gasteiger partial charge in [0.1, 0.15) is 23.1 Å². The number of rotatable bonds is 13. The molecule has 0 aliphatic carbocycles. The largest absolute Gasteiger partial charge is 0.497 e. The summed E-state index contributed by atoms with van der Waals surface area (Å²) in [6, 6.07) is 23.5. The molecule has 0 unspecified atom stereocenters. The maximum absolute atomic E-state index is 13.4. The van der Waals surface area contributed by atoms with Gasteiger partial charge in [0, 0.05) is 95.9 Å². The first-order chi connectivity index (χ1) is 26.9. The first-order valence-corrected chi connectivity index (χ1v) is 19.9. The van der Waals surface area contributed by atoms with Crippen LogP contribution in [0.4, 0.5) is 33.4 Å². The molecule has 14 heteroatoms. The van der Waals surface area contributed by atoms with E-state index in [0.717, 1.165) is 35.1 Å². The van der Waals surface area contributed by atoms with Gasteiger partial charge in [0.25, 0.3) is 5.91 Å². The highest BCUT2D eigenvalue weighted by Crippen LogP contribution is 2.39. The highest BCUT2D eigenvalue weighted by molar-refractivity contribution is 7.85. The standard InChI is InChI=1S/C42H49N7O6S/c1-42(2,3)28-23-35(43-4)39(54-6)36(24-28)48-41(51)47-34-11-12-37(33-10-8-7-9-32(33)34)55-30-13-14-44-38(26-30)46-29-21-27(22-31(25-29)53-5)40(50)45-15-16-49-17-19-56(52)20-18-49/h7-14,21-26,43H,15-20H2,1-6H3,(H,44,46)(H,45,50)(H2,47,48,51). The third kappa shape index (κ3) is 9.86. The monoisotopic (exact) mass is 779 g/mol. The SMILES string of the molecule is CNc1cc(C(C)(C)C)cc(NC(=O)Nc2ccc(Oc3ccnc(Nc4cc(OC)cc(C(=O)NCCN5CCS(=O)CC5)c4)c3)c3ccccc23)c1OC. The molecule has 56 heavy (non-hydrogen) atoms. The zero-order chi connectivity index (χ0) is 39.8. The maximum Gasteiger partial charge on any atom is 0.323 e. The maximum atomic E-state index is 13.4. The van der Waals surface area contributed by atoms with Crippen LogP contribution >= 0.6 is 0 Å². The summed E-state index contributed by atoms with van der Waals surface area (Å²) >= 11 is 0. The zero-order valence-corrected chi connectivity index (χ0v) is 33.4. The lowest BCUT2D eigenvalue weighted by molar-refractivity contribution is 0.0948. The molecule has 5 N–H and O–H groups in total. The van der Waals surface area contributed by atoms with Gasteiger partial charge in [0.2, 0.25) is 0 Å².